The quantitative estimate of drug-likeness (QED) is 0.519. The topological polar surface area (TPSA) is 40.2 Å². The normalized spacial score (nSPS) is 15.8. The van der Waals surface area contributed by atoms with Crippen LogP contribution in [-0.2, 0) is 9.47 Å². The van der Waals surface area contributed by atoms with E-state index in [1.54, 1.807) is 7.11 Å². The summed E-state index contributed by atoms with van der Waals surface area (Å²) in [6.07, 6.45) is 0.268. The monoisotopic (exact) mass is 356 g/mol. The van der Waals surface area contributed by atoms with Gasteiger partial charge in [-0.15, -0.1) is 0 Å². The van der Waals surface area contributed by atoms with Crippen molar-refractivity contribution in [1.29, 1.82) is 0 Å². The van der Waals surface area contributed by atoms with E-state index in [-0.39, 0.29) is 6.10 Å². The van der Waals surface area contributed by atoms with Crippen LogP contribution in [0.1, 0.15) is 22.3 Å². The smallest absolute Gasteiger partial charge is 0.125 e. The molecule has 1 unspecified atom stereocenters. The van der Waals surface area contributed by atoms with E-state index in [0.29, 0.717) is 19.8 Å². The molecule has 1 heterocycles. The minimum absolute atomic E-state index is 0.268. The van der Waals surface area contributed by atoms with Crippen molar-refractivity contribution >= 4 is 0 Å². The van der Waals surface area contributed by atoms with Gasteiger partial charge in [0.2, 0.25) is 0 Å². The van der Waals surface area contributed by atoms with E-state index in [1.807, 2.05) is 0 Å². The van der Waals surface area contributed by atoms with Gasteiger partial charge in [-0.05, 0) is 85.3 Å². The van der Waals surface area contributed by atoms with Gasteiger partial charge in [-0.3, -0.25) is 0 Å². The zero-order valence-electron chi connectivity index (χ0n) is 16.3. The Hall–Kier alpha value is -2.04. The van der Waals surface area contributed by atoms with Crippen molar-refractivity contribution in [3.63, 3.8) is 0 Å². The number of benzene rings is 2. The Kier molecular flexibility index (Phi) is 5.84. The maximum Gasteiger partial charge on any atom is 0.125 e. The highest BCUT2D eigenvalue weighted by molar-refractivity contribution is 5.70. The van der Waals surface area contributed by atoms with Crippen LogP contribution >= 0.6 is 0 Å². The van der Waals surface area contributed by atoms with Crippen LogP contribution < -0.4 is 9.47 Å². The third-order valence-corrected chi connectivity index (χ3v) is 4.60. The summed E-state index contributed by atoms with van der Waals surface area (Å²) in [7, 11) is 1.68. The fraction of sp³-hybridized carbons (Fsp3) is 0.455. The second-order valence-electron chi connectivity index (χ2n) is 6.99. The number of ether oxygens (including phenoxy) is 4. The fourth-order valence-corrected chi connectivity index (χ4v) is 3.26. The van der Waals surface area contributed by atoms with E-state index in [4.69, 9.17) is 18.9 Å². The lowest BCUT2D eigenvalue weighted by Gasteiger charge is -2.16. The Labute approximate surface area is 156 Å². The fourth-order valence-electron chi connectivity index (χ4n) is 3.26. The van der Waals surface area contributed by atoms with Gasteiger partial charge in [0.05, 0.1) is 13.2 Å². The number of epoxide rings is 1. The van der Waals surface area contributed by atoms with Gasteiger partial charge < -0.3 is 18.9 Å². The molecule has 1 aliphatic rings. The average Bonchev–Trinajstić information content (AvgIpc) is 3.40. The molecular formula is C22H28O4. The molecule has 0 radical (unpaired) electrons. The maximum absolute atomic E-state index is 5.95. The first-order valence-electron chi connectivity index (χ1n) is 9.08. The first-order chi connectivity index (χ1) is 12.5. The van der Waals surface area contributed by atoms with Gasteiger partial charge in [-0.1, -0.05) is 0 Å². The third-order valence-electron chi connectivity index (χ3n) is 4.60. The van der Waals surface area contributed by atoms with Crippen LogP contribution in [0.3, 0.4) is 0 Å². The average molecular weight is 356 g/mol. The highest BCUT2D eigenvalue weighted by Crippen LogP contribution is 2.34. The van der Waals surface area contributed by atoms with E-state index in [2.05, 4.69) is 52.0 Å². The molecule has 0 aromatic heterocycles. The van der Waals surface area contributed by atoms with Gasteiger partial charge in [-0.2, -0.15) is 0 Å². The lowest BCUT2D eigenvalue weighted by atomic mass is 9.96. The Morgan fingerprint density at radius 1 is 0.808 bits per heavy atom. The van der Waals surface area contributed by atoms with Crippen molar-refractivity contribution < 1.29 is 18.9 Å². The molecule has 4 heteroatoms. The summed E-state index contributed by atoms with van der Waals surface area (Å²) in [6.45, 7) is 11.0. The molecule has 0 aliphatic carbocycles. The maximum atomic E-state index is 5.95. The first kappa shape index (κ1) is 18.7. The second kappa shape index (κ2) is 8.11. The van der Waals surface area contributed by atoms with Crippen LogP contribution in [0, 0.1) is 27.7 Å². The van der Waals surface area contributed by atoms with Crippen molar-refractivity contribution in [2.75, 3.05) is 33.5 Å². The van der Waals surface area contributed by atoms with E-state index in [0.717, 1.165) is 40.4 Å². The Balaban J connectivity index is 1.83. The van der Waals surface area contributed by atoms with Crippen molar-refractivity contribution in [1.82, 2.24) is 0 Å². The van der Waals surface area contributed by atoms with Crippen LogP contribution in [0.25, 0.3) is 11.1 Å². The van der Waals surface area contributed by atoms with Crippen LogP contribution in [0.15, 0.2) is 24.3 Å². The predicted octanol–water partition coefficient (Wildman–Crippen LogP) is 4.39. The van der Waals surface area contributed by atoms with Crippen molar-refractivity contribution in [2.24, 2.45) is 0 Å². The molecule has 0 spiro atoms. The van der Waals surface area contributed by atoms with Crippen LogP contribution in [0.2, 0.25) is 0 Å². The molecular weight excluding hydrogens is 328 g/mol. The number of rotatable bonds is 8. The van der Waals surface area contributed by atoms with Crippen molar-refractivity contribution in [3.05, 3.63) is 46.5 Å². The standard InChI is InChI=1S/C22H28O4/c1-14-8-18(9-15(2)21(14)24-7-6-23-5)19-10-16(3)22(17(4)11-19)26-13-20-12-25-20/h8-11,20H,6-7,12-13H2,1-5H3. The van der Waals surface area contributed by atoms with Gasteiger partial charge in [-0.25, -0.2) is 0 Å². The summed E-state index contributed by atoms with van der Waals surface area (Å²) in [4.78, 5) is 0. The Morgan fingerprint density at radius 3 is 1.69 bits per heavy atom. The SMILES string of the molecule is COCCOc1c(C)cc(-c2cc(C)c(OCC3CO3)c(C)c2)cc1C. The minimum Gasteiger partial charge on any atom is -0.491 e. The molecule has 1 fully saturated rings. The molecule has 140 valence electrons. The largest absolute Gasteiger partial charge is 0.491 e. The Morgan fingerprint density at radius 2 is 1.27 bits per heavy atom. The summed E-state index contributed by atoms with van der Waals surface area (Å²) in [5, 5.41) is 0. The van der Waals surface area contributed by atoms with E-state index < -0.39 is 0 Å². The highest BCUT2D eigenvalue weighted by atomic mass is 16.6. The lowest BCUT2D eigenvalue weighted by molar-refractivity contribution is 0.145. The zero-order valence-corrected chi connectivity index (χ0v) is 16.3. The Bertz CT molecular complexity index is 732. The molecule has 1 aliphatic heterocycles. The van der Waals surface area contributed by atoms with Crippen LogP contribution in [0.4, 0.5) is 0 Å². The molecule has 26 heavy (non-hydrogen) atoms. The molecule has 0 amide bonds. The summed E-state index contributed by atoms with van der Waals surface area (Å²) < 4.78 is 22.1. The molecule has 1 atom stereocenters. The minimum atomic E-state index is 0.268. The molecule has 0 N–H and O–H groups in total. The predicted molar refractivity (Wildman–Crippen MR) is 103 cm³/mol. The molecule has 0 saturated carbocycles. The van der Waals surface area contributed by atoms with E-state index >= 15 is 0 Å². The number of methoxy groups -OCH3 is 1. The van der Waals surface area contributed by atoms with Crippen LogP contribution in [0.5, 0.6) is 11.5 Å². The number of aryl methyl sites for hydroxylation is 4. The van der Waals surface area contributed by atoms with Gasteiger partial charge in [0.1, 0.15) is 30.8 Å². The van der Waals surface area contributed by atoms with E-state index in [1.165, 1.54) is 11.1 Å². The van der Waals surface area contributed by atoms with Crippen molar-refractivity contribution in [2.45, 2.75) is 33.8 Å². The molecule has 1 saturated heterocycles. The first-order valence-corrected chi connectivity index (χ1v) is 9.08. The zero-order chi connectivity index (χ0) is 18.7. The number of hydrogen-bond donors (Lipinski definition) is 0. The van der Waals surface area contributed by atoms with Crippen molar-refractivity contribution in [3.8, 4) is 22.6 Å². The molecule has 4 nitrogen and oxygen atoms in total. The van der Waals surface area contributed by atoms with Gasteiger partial charge >= 0.3 is 0 Å². The van der Waals surface area contributed by atoms with Gasteiger partial charge in [0.25, 0.3) is 0 Å². The molecule has 0 bridgehead atoms. The van der Waals surface area contributed by atoms with Gasteiger partial charge in [0.15, 0.2) is 0 Å². The lowest BCUT2D eigenvalue weighted by Crippen LogP contribution is -2.07. The second-order valence-corrected chi connectivity index (χ2v) is 6.99. The summed E-state index contributed by atoms with van der Waals surface area (Å²) in [5.41, 5.74) is 6.97. The van der Waals surface area contributed by atoms with Crippen LogP contribution in [-0.4, -0.2) is 39.6 Å². The summed E-state index contributed by atoms with van der Waals surface area (Å²) in [5.74, 6) is 1.92. The third kappa shape index (κ3) is 4.37. The van der Waals surface area contributed by atoms with Gasteiger partial charge in [0, 0.05) is 7.11 Å². The molecule has 2 aromatic carbocycles. The number of hydrogen-bond acceptors (Lipinski definition) is 4. The molecule has 3 rings (SSSR count). The molecule has 2 aromatic rings. The summed E-state index contributed by atoms with van der Waals surface area (Å²) in [6, 6.07) is 8.75. The summed E-state index contributed by atoms with van der Waals surface area (Å²) >= 11 is 0. The highest BCUT2D eigenvalue weighted by Gasteiger charge is 2.23. The van der Waals surface area contributed by atoms with E-state index in [9.17, 15) is 0 Å².